The van der Waals surface area contributed by atoms with Crippen LogP contribution in [0.1, 0.15) is 33.4 Å². The monoisotopic (exact) mass is 352 g/mol. The molecule has 1 aromatic carbocycles. The van der Waals surface area contributed by atoms with Gasteiger partial charge in [-0.2, -0.15) is 0 Å². The number of hydrogen-bond acceptors (Lipinski definition) is 3. The lowest BCUT2D eigenvalue weighted by molar-refractivity contribution is 0.182. The number of ether oxygens (including phenoxy) is 1. The van der Waals surface area contributed by atoms with Crippen molar-refractivity contribution in [1.29, 1.82) is 0 Å². The van der Waals surface area contributed by atoms with Crippen LogP contribution in [0.15, 0.2) is 28.7 Å². The van der Waals surface area contributed by atoms with Crippen molar-refractivity contribution in [3.05, 3.63) is 49.6 Å². The second-order valence-electron chi connectivity index (χ2n) is 5.14. The lowest BCUT2D eigenvalue weighted by Crippen LogP contribution is -2.00. The average molecular weight is 353 g/mol. The SMILES string of the molecule is COc1ccc(CC(O)c2cc3c(s2)CCC3)cc1Br. The summed E-state index contributed by atoms with van der Waals surface area (Å²) in [7, 11) is 1.65. The minimum atomic E-state index is -0.411. The Morgan fingerprint density at radius 3 is 2.90 bits per heavy atom. The number of aryl methyl sites for hydroxylation is 2. The Morgan fingerprint density at radius 2 is 2.20 bits per heavy atom. The fraction of sp³-hybridized carbons (Fsp3) is 0.375. The molecule has 0 radical (unpaired) electrons. The van der Waals surface area contributed by atoms with Crippen molar-refractivity contribution >= 4 is 27.3 Å². The number of aliphatic hydroxyl groups is 1. The van der Waals surface area contributed by atoms with Crippen LogP contribution < -0.4 is 4.74 Å². The predicted octanol–water partition coefficient (Wildman–Crippen LogP) is 4.28. The summed E-state index contributed by atoms with van der Waals surface area (Å²) >= 11 is 5.26. The van der Waals surface area contributed by atoms with Crippen molar-refractivity contribution in [1.82, 2.24) is 0 Å². The van der Waals surface area contributed by atoms with Gasteiger partial charge in [-0.1, -0.05) is 6.07 Å². The zero-order chi connectivity index (χ0) is 14.1. The number of hydrogen-bond donors (Lipinski definition) is 1. The summed E-state index contributed by atoms with van der Waals surface area (Å²) in [4.78, 5) is 2.57. The van der Waals surface area contributed by atoms with E-state index in [0.717, 1.165) is 20.7 Å². The van der Waals surface area contributed by atoms with Crippen LogP contribution in [0.2, 0.25) is 0 Å². The van der Waals surface area contributed by atoms with Crippen LogP contribution in [-0.4, -0.2) is 12.2 Å². The highest BCUT2D eigenvalue weighted by Crippen LogP contribution is 2.35. The molecule has 4 heteroatoms. The minimum absolute atomic E-state index is 0.411. The number of aliphatic hydroxyl groups excluding tert-OH is 1. The molecule has 0 aliphatic heterocycles. The molecule has 0 saturated carbocycles. The van der Waals surface area contributed by atoms with Crippen molar-refractivity contribution in [2.24, 2.45) is 0 Å². The van der Waals surface area contributed by atoms with E-state index >= 15 is 0 Å². The van der Waals surface area contributed by atoms with Gasteiger partial charge < -0.3 is 9.84 Å². The topological polar surface area (TPSA) is 29.5 Å². The van der Waals surface area contributed by atoms with Gasteiger partial charge >= 0.3 is 0 Å². The molecule has 0 amide bonds. The first kappa shape index (κ1) is 14.1. The highest BCUT2D eigenvalue weighted by Gasteiger charge is 2.19. The van der Waals surface area contributed by atoms with E-state index < -0.39 is 6.10 Å². The van der Waals surface area contributed by atoms with Gasteiger partial charge in [-0.15, -0.1) is 11.3 Å². The molecular formula is C16H17BrO2S. The molecule has 2 nitrogen and oxygen atoms in total. The molecule has 1 heterocycles. The molecule has 1 aliphatic rings. The number of rotatable bonds is 4. The Morgan fingerprint density at radius 1 is 1.35 bits per heavy atom. The Balaban J connectivity index is 1.74. The minimum Gasteiger partial charge on any atom is -0.496 e. The van der Waals surface area contributed by atoms with E-state index in [4.69, 9.17) is 4.74 Å². The normalized spacial score (nSPS) is 15.2. The molecule has 0 fully saturated rings. The number of methoxy groups -OCH3 is 1. The van der Waals surface area contributed by atoms with Gasteiger partial charge in [0.1, 0.15) is 5.75 Å². The Hall–Kier alpha value is -0.840. The molecule has 0 saturated heterocycles. The van der Waals surface area contributed by atoms with Gasteiger partial charge in [-0.05, 0) is 64.5 Å². The highest BCUT2D eigenvalue weighted by atomic mass is 79.9. The summed E-state index contributed by atoms with van der Waals surface area (Å²) in [6.07, 6.45) is 3.85. The number of halogens is 1. The van der Waals surface area contributed by atoms with E-state index in [2.05, 4.69) is 22.0 Å². The third-order valence-corrected chi connectivity index (χ3v) is 5.70. The van der Waals surface area contributed by atoms with Crippen LogP contribution in [0, 0.1) is 0 Å². The van der Waals surface area contributed by atoms with Gasteiger partial charge in [0.25, 0.3) is 0 Å². The lowest BCUT2D eigenvalue weighted by Gasteiger charge is -2.10. The highest BCUT2D eigenvalue weighted by molar-refractivity contribution is 9.10. The van der Waals surface area contributed by atoms with Crippen molar-refractivity contribution in [2.45, 2.75) is 31.8 Å². The van der Waals surface area contributed by atoms with Gasteiger partial charge in [0, 0.05) is 16.2 Å². The van der Waals surface area contributed by atoms with Crippen molar-refractivity contribution in [3.63, 3.8) is 0 Å². The largest absolute Gasteiger partial charge is 0.496 e. The molecule has 106 valence electrons. The van der Waals surface area contributed by atoms with Gasteiger partial charge in [0.15, 0.2) is 0 Å². The molecule has 1 atom stereocenters. The van der Waals surface area contributed by atoms with E-state index in [-0.39, 0.29) is 0 Å². The van der Waals surface area contributed by atoms with Gasteiger partial charge in [-0.25, -0.2) is 0 Å². The molecule has 2 aromatic rings. The average Bonchev–Trinajstić information content (AvgIpc) is 2.99. The van der Waals surface area contributed by atoms with E-state index in [1.807, 2.05) is 18.2 Å². The molecule has 0 spiro atoms. The lowest BCUT2D eigenvalue weighted by atomic mass is 10.1. The maximum Gasteiger partial charge on any atom is 0.133 e. The first-order valence-corrected chi connectivity index (χ1v) is 8.40. The van der Waals surface area contributed by atoms with E-state index in [1.54, 1.807) is 18.4 Å². The fourth-order valence-electron chi connectivity index (χ4n) is 2.68. The quantitative estimate of drug-likeness (QED) is 0.889. The molecule has 3 rings (SSSR count). The van der Waals surface area contributed by atoms with Crippen molar-refractivity contribution < 1.29 is 9.84 Å². The Bertz CT molecular complexity index is 599. The van der Waals surface area contributed by atoms with Crippen LogP contribution in [0.25, 0.3) is 0 Å². The summed E-state index contributed by atoms with van der Waals surface area (Å²) in [5.74, 6) is 0.818. The first-order valence-electron chi connectivity index (χ1n) is 6.79. The maximum absolute atomic E-state index is 10.4. The zero-order valence-electron chi connectivity index (χ0n) is 11.4. The van der Waals surface area contributed by atoms with Crippen LogP contribution in [0.3, 0.4) is 0 Å². The van der Waals surface area contributed by atoms with E-state index in [0.29, 0.717) is 6.42 Å². The summed E-state index contributed by atoms with van der Waals surface area (Å²) in [6, 6.07) is 8.15. The van der Waals surface area contributed by atoms with Crippen LogP contribution in [-0.2, 0) is 19.3 Å². The third kappa shape index (κ3) is 2.78. The third-order valence-electron chi connectivity index (χ3n) is 3.74. The smallest absolute Gasteiger partial charge is 0.133 e. The van der Waals surface area contributed by atoms with E-state index in [9.17, 15) is 5.11 Å². The Kier molecular flexibility index (Phi) is 4.15. The molecule has 0 bridgehead atoms. The number of thiophene rings is 1. The first-order chi connectivity index (χ1) is 9.67. The molecule has 1 N–H and O–H groups in total. The van der Waals surface area contributed by atoms with Gasteiger partial charge in [-0.3, -0.25) is 0 Å². The molecular weight excluding hydrogens is 336 g/mol. The molecule has 1 aromatic heterocycles. The van der Waals surface area contributed by atoms with E-state index in [1.165, 1.54) is 29.7 Å². The molecule has 1 unspecified atom stereocenters. The van der Waals surface area contributed by atoms with Gasteiger partial charge in [0.05, 0.1) is 17.7 Å². The standard InChI is InChI=1S/C16H17BrO2S/c1-19-14-6-5-10(7-12(14)17)8-13(18)16-9-11-3-2-4-15(11)20-16/h5-7,9,13,18H,2-4,8H2,1H3. The summed E-state index contributed by atoms with van der Waals surface area (Å²) in [5, 5.41) is 10.4. The number of fused-ring (bicyclic) bond motifs is 1. The molecule has 20 heavy (non-hydrogen) atoms. The Labute approximate surface area is 131 Å². The van der Waals surface area contributed by atoms with Crippen LogP contribution in [0.4, 0.5) is 0 Å². The second kappa shape index (κ2) is 5.88. The zero-order valence-corrected chi connectivity index (χ0v) is 13.8. The summed E-state index contributed by atoms with van der Waals surface area (Å²) in [5.41, 5.74) is 2.55. The predicted molar refractivity (Wildman–Crippen MR) is 85.7 cm³/mol. The molecule has 1 aliphatic carbocycles. The van der Waals surface area contributed by atoms with Gasteiger partial charge in [0.2, 0.25) is 0 Å². The van der Waals surface area contributed by atoms with Crippen LogP contribution in [0.5, 0.6) is 5.75 Å². The maximum atomic E-state index is 10.4. The van der Waals surface area contributed by atoms with Crippen LogP contribution >= 0.6 is 27.3 Å². The second-order valence-corrected chi connectivity index (χ2v) is 7.16. The van der Waals surface area contributed by atoms with Crippen molar-refractivity contribution in [3.8, 4) is 5.75 Å². The summed E-state index contributed by atoms with van der Waals surface area (Å²) in [6.45, 7) is 0. The van der Waals surface area contributed by atoms with Crippen molar-refractivity contribution in [2.75, 3.05) is 7.11 Å². The fourth-order valence-corrected chi connectivity index (χ4v) is 4.51. The summed E-state index contributed by atoms with van der Waals surface area (Å²) < 4.78 is 6.15. The number of benzene rings is 1.